The summed E-state index contributed by atoms with van der Waals surface area (Å²) in [5.41, 5.74) is 3.19. The largest absolute Gasteiger partial charge is 0.496 e. The lowest BCUT2D eigenvalue weighted by molar-refractivity contribution is 0.105. The highest BCUT2D eigenvalue weighted by Gasteiger charge is 2.18. The second-order valence-electron chi connectivity index (χ2n) is 6.05. The molecule has 0 radical (unpaired) electrons. The van der Waals surface area contributed by atoms with Crippen molar-refractivity contribution in [1.82, 2.24) is 9.88 Å². The van der Waals surface area contributed by atoms with Gasteiger partial charge < -0.3 is 14.6 Å². The molecule has 0 saturated carbocycles. The third kappa shape index (κ3) is 5.53. The first kappa shape index (κ1) is 19.4. The fourth-order valence-electron chi connectivity index (χ4n) is 2.95. The van der Waals surface area contributed by atoms with Crippen LogP contribution in [0.5, 0.6) is 5.75 Å². The van der Waals surface area contributed by atoms with Crippen molar-refractivity contribution in [3.05, 3.63) is 59.4 Å². The van der Waals surface area contributed by atoms with Gasteiger partial charge in [0.15, 0.2) is 0 Å². The minimum absolute atomic E-state index is 0.0926. The predicted octanol–water partition coefficient (Wildman–Crippen LogP) is 3.01. The Morgan fingerprint density at radius 1 is 1.16 bits per heavy atom. The van der Waals surface area contributed by atoms with E-state index in [1.165, 1.54) is 0 Å². The van der Waals surface area contributed by atoms with Crippen LogP contribution in [0.2, 0.25) is 0 Å². The van der Waals surface area contributed by atoms with Crippen molar-refractivity contribution >= 4 is 0 Å². The van der Waals surface area contributed by atoms with Crippen molar-refractivity contribution < 1.29 is 14.6 Å². The van der Waals surface area contributed by atoms with Crippen LogP contribution < -0.4 is 4.74 Å². The Bertz CT molecular complexity index is 630. The molecule has 0 spiro atoms. The number of methoxy groups -OCH3 is 2. The predicted molar refractivity (Wildman–Crippen MR) is 98.4 cm³/mol. The number of aliphatic hydroxyl groups excluding tert-OH is 1. The van der Waals surface area contributed by atoms with E-state index in [9.17, 15) is 5.11 Å². The molecule has 2 aromatic rings. The second-order valence-corrected chi connectivity index (χ2v) is 6.05. The highest BCUT2D eigenvalue weighted by atomic mass is 16.5. The Kier molecular flexibility index (Phi) is 7.85. The fraction of sp³-hybridized carbons (Fsp3) is 0.450. The van der Waals surface area contributed by atoms with Gasteiger partial charge in [-0.1, -0.05) is 19.1 Å². The third-order valence-corrected chi connectivity index (χ3v) is 4.32. The van der Waals surface area contributed by atoms with Crippen LogP contribution in [0.3, 0.4) is 0 Å². The van der Waals surface area contributed by atoms with Gasteiger partial charge in [0.2, 0.25) is 0 Å². The maximum absolute atomic E-state index is 9.77. The smallest absolute Gasteiger partial charge is 0.124 e. The first-order chi connectivity index (χ1) is 12.2. The lowest BCUT2D eigenvalue weighted by Crippen LogP contribution is -2.36. The van der Waals surface area contributed by atoms with Gasteiger partial charge in [-0.15, -0.1) is 0 Å². The van der Waals surface area contributed by atoms with Crippen molar-refractivity contribution in [3.63, 3.8) is 0 Å². The number of aromatic nitrogens is 1. The zero-order valence-corrected chi connectivity index (χ0v) is 15.3. The number of hydrogen-bond acceptors (Lipinski definition) is 5. The average Bonchev–Trinajstić information content (AvgIpc) is 2.64. The van der Waals surface area contributed by atoms with Crippen molar-refractivity contribution in [1.29, 1.82) is 0 Å². The van der Waals surface area contributed by atoms with Gasteiger partial charge in [0.1, 0.15) is 5.75 Å². The number of pyridine rings is 1. The van der Waals surface area contributed by atoms with Gasteiger partial charge in [0, 0.05) is 38.0 Å². The van der Waals surface area contributed by atoms with Crippen LogP contribution >= 0.6 is 0 Å². The summed E-state index contributed by atoms with van der Waals surface area (Å²) in [5.74, 6) is 0.830. The standard InChI is InChI=1S/C20H28N2O3/c1-4-19(14-23)22(13-18-7-5-6-10-21-18)12-16-8-9-20(25-3)17(11-16)15-24-2/h5-11,19,23H,4,12-15H2,1-3H3/t19-/m1/s1. The molecule has 0 aliphatic rings. The first-order valence-electron chi connectivity index (χ1n) is 8.61. The molecule has 0 saturated heterocycles. The molecule has 0 amide bonds. The minimum atomic E-state index is 0.0926. The van der Waals surface area contributed by atoms with Crippen LogP contribution in [0.25, 0.3) is 0 Å². The summed E-state index contributed by atoms with van der Waals surface area (Å²) in [6.45, 7) is 4.16. The fourth-order valence-corrected chi connectivity index (χ4v) is 2.95. The first-order valence-corrected chi connectivity index (χ1v) is 8.61. The van der Waals surface area contributed by atoms with E-state index in [0.29, 0.717) is 13.2 Å². The number of hydrogen-bond donors (Lipinski definition) is 1. The van der Waals surface area contributed by atoms with Crippen molar-refractivity contribution in [2.45, 2.75) is 39.1 Å². The van der Waals surface area contributed by atoms with Gasteiger partial charge in [0.25, 0.3) is 0 Å². The lowest BCUT2D eigenvalue weighted by Gasteiger charge is -2.30. The molecule has 136 valence electrons. The molecule has 0 unspecified atom stereocenters. The second kappa shape index (κ2) is 10.1. The summed E-state index contributed by atoms with van der Waals surface area (Å²) < 4.78 is 10.7. The van der Waals surface area contributed by atoms with E-state index in [0.717, 1.165) is 35.5 Å². The molecule has 0 aliphatic heterocycles. The molecule has 5 nitrogen and oxygen atoms in total. The van der Waals surface area contributed by atoms with Gasteiger partial charge >= 0.3 is 0 Å². The van der Waals surface area contributed by atoms with E-state index in [1.54, 1.807) is 20.4 Å². The summed E-state index contributed by atoms with van der Waals surface area (Å²) in [6, 6.07) is 12.2. The van der Waals surface area contributed by atoms with Crippen molar-refractivity contribution in [2.24, 2.45) is 0 Å². The van der Waals surface area contributed by atoms with Crippen LogP contribution in [0.4, 0.5) is 0 Å². The van der Waals surface area contributed by atoms with E-state index in [2.05, 4.69) is 28.9 Å². The molecule has 0 aliphatic carbocycles. The molecule has 1 heterocycles. The Balaban J connectivity index is 2.22. The van der Waals surface area contributed by atoms with Gasteiger partial charge in [-0.25, -0.2) is 0 Å². The van der Waals surface area contributed by atoms with Crippen LogP contribution in [0.1, 0.15) is 30.2 Å². The summed E-state index contributed by atoms with van der Waals surface area (Å²) in [4.78, 5) is 6.69. The van der Waals surface area contributed by atoms with E-state index >= 15 is 0 Å². The number of rotatable bonds is 10. The van der Waals surface area contributed by atoms with Crippen LogP contribution in [-0.2, 0) is 24.4 Å². The maximum Gasteiger partial charge on any atom is 0.124 e. The van der Waals surface area contributed by atoms with Gasteiger partial charge in [-0.2, -0.15) is 0 Å². The van der Waals surface area contributed by atoms with Crippen LogP contribution in [0.15, 0.2) is 42.6 Å². The highest BCUT2D eigenvalue weighted by molar-refractivity contribution is 5.37. The molecule has 0 fully saturated rings. The molecular weight excluding hydrogens is 316 g/mol. The van der Waals surface area contributed by atoms with Gasteiger partial charge in [-0.3, -0.25) is 9.88 Å². The summed E-state index contributed by atoms with van der Waals surface area (Å²) in [5, 5.41) is 9.77. The quantitative estimate of drug-likeness (QED) is 0.718. The van der Waals surface area contributed by atoms with Gasteiger partial charge in [-0.05, 0) is 36.2 Å². The SMILES string of the molecule is CC[C@H](CO)N(Cc1ccc(OC)c(COC)c1)Cc1ccccn1. The lowest BCUT2D eigenvalue weighted by atomic mass is 10.1. The average molecular weight is 344 g/mol. The molecule has 1 aromatic carbocycles. The Labute approximate surface area is 150 Å². The Morgan fingerprint density at radius 3 is 2.60 bits per heavy atom. The topological polar surface area (TPSA) is 54.8 Å². The van der Waals surface area contributed by atoms with Crippen LogP contribution in [-0.4, -0.2) is 41.9 Å². The van der Waals surface area contributed by atoms with Gasteiger partial charge in [0.05, 0.1) is 26.0 Å². The zero-order valence-electron chi connectivity index (χ0n) is 15.3. The summed E-state index contributed by atoms with van der Waals surface area (Å²) >= 11 is 0. The minimum Gasteiger partial charge on any atom is -0.496 e. The number of aliphatic hydroxyl groups is 1. The van der Waals surface area contributed by atoms with Crippen molar-refractivity contribution in [2.75, 3.05) is 20.8 Å². The zero-order chi connectivity index (χ0) is 18.1. The Hall–Kier alpha value is -1.95. The molecule has 1 N–H and O–H groups in total. The molecule has 1 atom stereocenters. The van der Waals surface area contributed by atoms with Crippen LogP contribution in [0, 0.1) is 0 Å². The summed E-state index contributed by atoms with van der Waals surface area (Å²) in [6.07, 6.45) is 2.68. The molecule has 2 rings (SSSR count). The van der Waals surface area contributed by atoms with E-state index < -0.39 is 0 Å². The number of ether oxygens (including phenoxy) is 2. The normalized spacial score (nSPS) is 12.4. The number of nitrogens with zero attached hydrogens (tertiary/aromatic N) is 2. The van der Waals surface area contributed by atoms with E-state index in [4.69, 9.17) is 9.47 Å². The molecular formula is C20H28N2O3. The summed E-state index contributed by atoms with van der Waals surface area (Å²) in [7, 11) is 3.35. The molecule has 1 aromatic heterocycles. The third-order valence-electron chi connectivity index (χ3n) is 4.32. The number of benzene rings is 1. The molecule has 5 heteroatoms. The monoisotopic (exact) mass is 344 g/mol. The maximum atomic E-state index is 9.77. The highest BCUT2D eigenvalue weighted by Crippen LogP contribution is 2.23. The van der Waals surface area contributed by atoms with E-state index in [1.807, 2.05) is 24.3 Å². The van der Waals surface area contributed by atoms with Crippen molar-refractivity contribution in [3.8, 4) is 5.75 Å². The molecule has 25 heavy (non-hydrogen) atoms. The van der Waals surface area contributed by atoms with E-state index in [-0.39, 0.29) is 12.6 Å². The molecule has 0 bridgehead atoms. The Morgan fingerprint density at radius 2 is 2.00 bits per heavy atom.